The molecule has 0 heterocycles. The lowest BCUT2D eigenvalue weighted by Gasteiger charge is -2.12. The third kappa shape index (κ3) is 2.74. The molecule has 20 heavy (non-hydrogen) atoms. The fourth-order valence-corrected chi connectivity index (χ4v) is 1.96. The number of methoxy groups -OCH3 is 1. The molecule has 0 radical (unpaired) electrons. The average molecular weight is 272 g/mol. The zero-order valence-electron chi connectivity index (χ0n) is 11.4. The van der Waals surface area contributed by atoms with Crippen LogP contribution in [-0.2, 0) is 0 Å². The maximum absolute atomic E-state index is 10.9. The molecule has 0 spiro atoms. The van der Waals surface area contributed by atoms with E-state index < -0.39 is 0 Å². The van der Waals surface area contributed by atoms with Gasteiger partial charge in [-0.1, -0.05) is 6.07 Å². The number of ether oxygens (including phenoxy) is 2. The number of rotatable bonds is 5. The largest absolute Gasteiger partial charge is 0.507 e. The summed E-state index contributed by atoms with van der Waals surface area (Å²) in [5.41, 5.74) is 1.84. The van der Waals surface area contributed by atoms with E-state index in [1.807, 2.05) is 25.1 Å². The fraction of sp³-hybridized carbons (Fsp3) is 0.188. The highest BCUT2D eigenvalue weighted by Gasteiger charge is 2.10. The quantitative estimate of drug-likeness (QED) is 0.849. The van der Waals surface area contributed by atoms with Crippen LogP contribution in [0, 0.1) is 0 Å². The van der Waals surface area contributed by atoms with Gasteiger partial charge in [0.25, 0.3) is 0 Å². The first-order valence-corrected chi connectivity index (χ1v) is 6.29. The smallest absolute Gasteiger partial charge is 0.153 e. The molecule has 1 N–H and O–H groups in total. The predicted octanol–water partition coefficient (Wildman–Crippen LogP) is 3.28. The number of aromatic hydroxyl groups is 1. The van der Waals surface area contributed by atoms with Crippen molar-refractivity contribution in [1.29, 1.82) is 0 Å². The van der Waals surface area contributed by atoms with Crippen molar-refractivity contribution >= 4 is 6.29 Å². The van der Waals surface area contributed by atoms with Gasteiger partial charge in [0, 0.05) is 5.56 Å². The van der Waals surface area contributed by atoms with E-state index in [4.69, 9.17) is 9.47 Å². The van der Waals surface area contributed by atoms with Gasteiger partial charge in [0.15, 0.2) is 6.29 Å². The van der Waals surface area contributed by atoms with Crippen molar-refractivity contribution in [3.63, 3.8) is 0 Å². The molecule has 0 unspecified atom stereocenters. The SMILES string of the molecule is CCOc1ccc(OC)cc1-c1ccc(O)c(C=O)c1. The summed E-state index contributed by atoms with van der Waals surface area (Å²) in [6.07, 6.45) is 0.624. The normalized spacial score (nSPS) is 10.1. The topological polar surface area (TPSA) is 55.8 Å². The van der Waals surface area contributed by atoms with Crippen LogP contribution in [0.3, 0.4) is 0 Å². The van der Waals surface area contributed by atoms with Crippen molar-refractivity contribution in [3.8, 4) is 28.4 Å². The van der Waals surface area contributed by atoms with E-state index in [0.717, 1.165) is 11.1 Å². The van der Waals surface area contributed by atoms with Crippen LogP contribution in [0.1, 0.15) is 17.3 Å². The summed E-state index contributed by atoms with van der Waals surface area (Å²) in [6.45, 7) is 2.44. The molecule has 104 valence electrons. The van der Waals surface area contributed by atoms with Gasteiger partial charge in [-0.15, -0.1) is 0 Å². The minimum atomic E-state index is -0.0374. The minimum absolute atomic E-state index is 0.0374. The van der Waals surface area contributed by atoms with Crippen LogP contribution in [-0.4, -0.2) is 25.1 Å². The van der Waals surface area contributed by atoms with Crippen molar-refractivity contribution in [2.75, 3.05) is 13.7 Å². The molecule has 4 heteroatoms. The number of carbonyl (C=O) groups excluding carboxylic acids is 1. The molecule has 0 saturated heterocycles. The molecule has 2 rings (SSSR count). The van der Waals surface area contributed by atoms with Crippen LogP contribution >= 0.6 is 0 Å². The third-order valence-corrected chi connectivity index (χ3v) is 2.95. The molecule has 2 aromatic rings. The monoisotopic (exact) mass is 272 g/mol. The third-order valence-electron chi connectivity index (χ3n) is 2.95. The van der Waals surface area contributed by atoms with Gasteiger partial charge in [0.1, 0.15) is 17.2 Å². The fourth-order valence-electron chi connectivity index (χ4n) is 1.96. The zero-order valence-corrected chi connectivity index (χ0v) is 11.4. The van der Waals surface area contributed by atoms with Gasteiger partial charge in [-0.05, 0) is 42.8 Å². The van der Waals surface area contributed by atoms with Crippen LogP contribution in [0.2, 0.25) is 0 Å². The van der Waals surface area contributed by atoms with Crippen molar-refractivity contribution in [2.45, 2.75) is 6.92 Å². The molecule has 0 fully saturated rings. The summed E-state index contributed by atoms with van der Waals surface area (Å²) in [4.78, 5) is 10.9. The van der Waals surface area contributed by atoms with Crippen LogP contribution in [0.4, 0.5) is 0 Å². The number of carbonyl (C=O) groups is 1. The van der Waals surface area contributed by atoms with Gasteiger partial charge < -0.3 is 14.6 Å². The molecule has 0 atom stereocenters. The Morgan fingerprint density at radius 3 is 2.65 bits per heavy atom. The Balaban J connectivity index is 2.56. The summed E-state index contributed by atoms with van der Waals surface area (Å²) < 4.78 is 10.8. The zero-order chi connectivity index (χ0) is 14.5. The molecule has 2 aromatic carbocycles. The first-order valence-electron chi connectivity index (χ1n) is 6.29. The number of phenolic OH excluding ortho intramolecular Hbond substituents is 1. The standard InChI is InChI=1S/C16H16O4/c1-3-20-16-7-5-13(19-2)9-14(16)11-4-6-15(18)12(8-11)10-17/h4-10,18H,3H2,1-2H3. The molecule has 0 aromatic heterocycles. The Labute approximate surface area is 117 Å². The summed E-state index contributed by atoms with van der Waals surface area (Å²) in [6, 6.07) is 10.3. The molecule has 0 bridgehead atoms. The first-order chi connectivity index (χ1) is 9.69. The Morgan fingerprint density at radius 2 is 2.00 bits per heavy atom. The minimum Gasteiger partial charge on any atom is -0.507 e. The maximum Gasteiger partial charge on any atom is 0.153 e. The predicted molar refractivity (Wildman–Crippen MR) is 76.7 cm³/mol. The molecule has 0 aliphatic carbocycles. The van der Waals surface area contributed by atoms with Crippen molar-refractivity contribution in [2.24, 2.45) is 0 Å². The van der Waals surface area contributed by atoms with Crippen molar-refractivity contribution in [1.82, 2.24) is 0 Å². The molecule has 0 aliphatic rings. The lowest BCUT2D eigenvalue weighted by molar-refractivity contribution is 0.112. The molecule has 0 aliphatic heterocycles. The van der Waals surface area contributed by atoms with Crippen LogP contribution in [0.5, 0.6) is 17.2 Å². The van der Waals surface area contributed by atoms with Gasteiger partial charge in [-0.3, -0.25) is 4.79 Å². The maximum atomic E-state index is 10.9. The van der Waals surface area contributed by atoms with E-state index in [-0.39, 0.29) is 11.3 Å². The second-order valence-corrected chi connectivity index (χ2v) is 4.19. The lowest BCUT2D eigenvalue weighted by Crippen LogP contribution is -1.95. The Morgan fingerprint density at radius 1 is 1.20 bits per heavy atom. The highest BCUT2D eigenvalue weighted by Crippen LogP contribution is 2.35. The average Bonchev–Trinajstić information content (AvgIpc) is 2.48. The summed E-state index contributed by atoms with van der Waals surface area (Å²) in [5, 5.41) is 9.57. The van der Waals surface area contributed by atoms with E-state index in [0.29, 0.717) is 24.4 Å². The van der Waals surface area contributed by atoms with E-state index in [1.54, 1.807) is 19.2 Å². The number of aldehydes is 1. The molecule has 4 nitrogen and oxygen atoms in total. The second kappa shape index (κ2) is 6.10. The van der Waals surface area contributed by atoms with Crippen LogP contribution < -0.4 is 9.47 Å². The van der Waals surface area contributed by atoms with Gasteiger partial charge in [0.2, 0.25) is 0 Å². The van der Waals surface area contributed by atoms with E-state index in [2.05, 4.69) is 0 Å². The number of hydrogen-bond acceptors (Lipinski definition) is 4. The van der Waals surface area contributed by atoms with Crippen LogP contribution in [0.15, 0.2) is 36.4 Å². The van der Waals surface area contributed by atoms with Gasteiger partial charge >= 0.3 is 0 Å². The van der Waals surface area contributed by atoms with E-state index in [9.17, 15) is 9.90 Å². The van der Waals surface area contributed by atoms with Crippen molar-refractivity contribution < 1.29 is 19.4 Å². The molecular formula is C16H16O4. The Hall–Kier alpha value is -2.49. The Bertz CT molecular complexity index is 620. The van der Waals surface area contributed by atoms with E-state index >= 15 is 0 Å². The summed E-state index contributed by atoms with van der Waals surface area (Å²) >= 11 is 0. The molecule has 0 amide bonds. The first kappa shape index (κ1) is 13.9. The summed E-state index contributed by atoms with van der Waals surface area (Å²) in [5.74, 6) is 1.37. The van der Waals surface area contributed by atoms with E-state index in [1.165, 1.54) is 6.07 Å². The molecule has 0 saturated carbocycles. The highest BCUT2D eigenvalue weighted by atomic mass is 16.5. The van der Waals surface area contributed by atoms with Gasteiger partial charge in [-0.25, -0.2) is 0 Å². The number of benzene rings is 2. The Kier molecular flexibility index (Phi) is 4.25. The lowest BCUT2D eigenvalue weighted by atomic mass is 10.0. The van der Waals surface area contributed by atoms with Gasteiger partial charge in [-0.2, -0.15) is 0 Å². The number of phenols is 1. The second-order valence-electron chi connectivity index (χ2n) is 4.19. The molecular weight excluding hydrogens is 256 g/mol. The van der Waals surface area contributed by atoms with Crippen molar-refractivity contribution in [3.05, 3.63) is 42.0 Å². The number of hydrogen-bond donors (Lipinski definition) is 1. The highest BCUT2D eigenvalue weighted by molar-refractivity contribution is 5.84. The van der Waals surface area contributed by atoms with Crippen LogP contribution in [0.25, 0.3) is 11.1 Å². The summed E-state index contributed by atoms with van der Waals surface area (Å²) in [7, 11) is 1.59. The van der Waals surface area contributed by atoms with Gasteiger partial charge in [0.05, 0.1) is 19.3 Å².